The van der Waals surface area contributed by atoms with Crippen molar-refractivity contribution in [3.05, 3.63) is 34.1 Å². The summed E-state index contributed by atoms with van der Waals surface area (Å²) in [6.07, 6.45) is 0. The van der Waals surface area contributed by atoms with Crippen LogP contribution >= 0.6 is 28.1 Å². The van der Waals surface area contributed by atoms with Crippen molar-refractivity contribution in [1.29, 1.82) is 0 Å². The van der Waals surface area contributed by atoms with Crippen LogP contribution in [0.4, 0.5) is 4.39 Å². The summed E-state index contributed by atoms with van der Waals surface area (Å²) in [7, 11) is 1.90. The molecular weight excluding hydrogens is 291 g/mol. The van der Waals surface area contributed by atoms with Gasteiger partial charge in [0.15, 0.2) is 0 Å². The molecule has 0 aliphatic carbocycles. The normalized spacial score (nSPS) is 12.8. The molecule has 1 aromatic rings. The number of halogens is 2. The standard InChI is InChI=1S/C11H14BrFN2S/c1-7(11(14)16)15(2)6-8-4-3-5-9(13)10(8)12/h3-5,7H,6H2,1-2H3,(H2,14,16). The number of likely N-dealkylation sites (N-methyl/N-ethyl adjacent to an activating group) is 1. The molecule has 1 unspecified atom stereocenters. The molecule has 1 rings (SSSR count). The van der Waals surface area contributed by atoms with E-state index < -0.39 is 0 Å². The fourth-order valence-electron chi connectivity index (χ4n) is 1.29. The van der Waals surface area contributed by atoms with Crippen LogP contribution in [0.25, 0.3) is 0 Å². The topological polar surface area (TPSA) is 29.3 Å². The van der Waals surface area contributed by atoms with Crippen LogP contribution in [-0.2, 0) is 6.54 Å². The van der Waals surface area contributed by atoms with E-state index in [2.05, 4.69) is 15.9 Å². The summed E-state index contributed by atoms with van der Waals surface area (Å²) in [5.74, 6) is -0.256. The second-order valence-corrected chi connectivity index (χ2v) is 4.97. The first kappa shape index (κ1) is 13.5. The van der Waals surface area contributed by atoms with Crippen molar-refractivity contribution in [1.82, 2.24) is 4.90 Å². The minimum absolute atomic E-state index is 0.00910. The molecular formula is C11H14BrFN2S. The molecule has 2 N–H and O–H groups in total. The molecule has 0 aliphatic heterocycles. The minimum atomic E-state index is -0.256. The van der Waals surface area contributed by atoms with E-state index in [0.717, 1.165) is 5.56 Å². The maximum absolute atomic E-state index is 13.3. The Morgan fingerprint density at radius 3 is 2.81 bits per heavy atom. The number of nitrogens with zero attached hydrogens (tertiary/aromatic N) is 1. The lowest BCUT2D eigenvalue weighted by Gasteiger charge is -2.24. The zero-order valence-corrected chi connectivity index (χ0v) is 11.6. The molecule has 0 saturated heterocycles. The quantitative estimate of drug-likeness (QED) is 0.867. The van der Waals surface area contributed by atoms with Gasteiger partial charge >= 0.3 is 0 Å². The van der Waals surface area contributed by atoms with Crippen LogP contribution in [0.2, 0.25) is 0 Å². The number of benzene rings is 1. The van der Waals surface area contributed by atoms with Crippen LogP contribution < -0.4 is 5.73 Å². The van der Waals surface area contributed by atoms with Gasteiger partial charge in [-0.1, -0.05) is 24.4 Å². The van der Waals surface area contributed by atoms with Crippen molar-refractivity contribution in [3.8, 4) is 0 Å². The van der Waals surface area contributed by atoms with Gasteiger partial charge in [-0.2, -0.15) is 0 Å². The van der Waals surface area contributed by atoms with Gasteiger partial charge in [0.05, 0.1) is 15.5 Å². The van der Waals surface area contributed by atoms with Crippen LogP contribution in [0.3, 0.4) is 0 Å². The summed E-state index contributed by atoms with van der Waals surface area (Å²) in [5.41, 5.74) is 6.44. The van der Waals surface area contributed by atoms with Gasteiger partial charge in [-0.05, 0) is 41.5 Å². The molecule has 0 bridgehead atoms. The molecule has 0 heterocycles. The molecule has 1 aromatic carbocycles. The molecule has 88 valence electrons. The average Bonchev–Trinajstić information content (AvgIpc) is 2.23. The fourth-order valence-corrected chi connectivity index (χ4v) is 1.86. The summed E-state index contributed by atoms with van der Waals surface area (Å²) in [4.78, 5) is 2.41. The monoisotopic (exact) mass is 304 g/mol. The third-order valence-corrected chi connectivity index (χ3v) is 3.75. The predicted molar refractivity (Wildman–Crippen MR) is 71.8 cm³/mol. The number of hydrogen-bond donors (Lipinski definition) is 1. The van der Waals surface area contributed by atoms with E-state index in [4.69, 9.17) is 18.0 Å². The molecule has 0 amide bonds. The van der Waals surface area contributed by atoms with E-state index in [0.29, 0.717) is 16.0 Å². The third kappa shape index (κ3) is 3.23. The Morgan fingerprint density at radius 1 is 1.62 bits per heavy atom. The number of hydrogen-bond acceptors (Lipinski definition) is 2. The molecule has 5 heteroatoms. The Balaban J connectivity index is 2.81. The first-order valence-corrected chi connectivity index (χ1v) is 6.06. The Bertz CT molecular complexity index is 398. The van der Waals surface area contributed by atoms with Gasteiger partial charge in [-0.25, -0.2) is 4.39 Å². The lowest BCUT2D eigenvalue weighted by atomic mass is 10.2. The van der Waals surface area contributed by atoms with E-state index in [1.54, 1.807) is 6.07 Å². The van der Waals surface area contributed by atoms with Crippen molar-refractivity contribution >= 4 is 33.1 Å². The smallest absolute Gasteiger partial charge is 0.137 e. The van der Waals surface area contributed by atoms with Crippen molar-refractivity contribution < 1.29 is 4.39 Å². The summed E-state index contributed by atoms with van der Waals surface area (Å²) in [5, 5.41) is 0. The summed E-state index contributed by atoms with van der Waals surface area (Å²) < 4.78 is 13.8. The number of rotatable bonds is 4. The molecule has 0 aliphatic rings. The van der Waals surface area contributed by atoms with Gasteiger partial charge in [-0.15, -0.1) is 0 Å². The molecule has 0 fully saturated rings. The van der Waals surface area contributed by atoms with E-state index in [-0.39, 0.29) is 11.9 Å². The maximum Gasteiger partial charge on any atom is 0.137 e. The van der Waals surface area contributed by atoms with E-state index >= 15 is 0 Å². The lowest BCUT2D eigenvalue weighted by Crippen LogP contribution is -2.38. The largest absolute Gasteiger partial charge is 0.392 e. The Kier molecular flexibility index (Phi) is 4.83. The van der Waals surface area contributed by atoms with E-state index in [1.165, 1.54) is 6.07 Å². The third-order valence-electron chi connectivity index (χ3n) is 2.52. The number of thiocarbonyl (C=S) groups is 1. The van der Waals surface area contributed by atoms with E-state index in [9.17, 15) is 4.39 Å². The summed E-state index contributed by atoms with van der Waals surface area (Å²) in [6, 6.07) is 4.97. The fraction of sp³-hybridized carbons (Fsp3) is 0.364. The second kappa shape index (κ2) is 5.70. The van der Waals surface area contributed by atoms with Crippen molar-refractivity contribution in [3.63, 3.8) is 0 Å². The molecule has 2 nitrogen and oxygen atoms in total. The van der Waals surface area contributed by atoms with Crippen molar-refractivity contribution in [2.24, 2.45) is 5.73 Å². The maximum atomic E-state index is 13.3. The first-order chi connectivity index (χ1) is 7.43. The zero-order valence-electron chi connectivity index (χ0n) is 9.21. The highest BCUT2D eigenvalue weighted by Crippen LogP contribution is 2.21. The van der Waals surface area contributed by atoms with Gasteiger partial charge in [0.1, 0.15) is 5.82 Å². The SMILES string of the molecule is CC(C(N)=S)N(C)Cc1cccc(F)c1Br. The van der Waals surface area contributed by atoms with Gasteiger partial charge in [0.2, 0.25) is 0 Å². The van der Waals surface area contributed by atoms with Crippen LogP contribution in [-0.4, -0.2) is 23.0 Å². The molecule has 1 atom stereocenters. The van der Waals surface area contributed by atoms with Crippen molar-refractivity contribution in [2.75, 3.05) is 7.05 Å². The van der Waals surface area contributed by atoms with Crippen molar-refractivity contribution in [2.45, 2.75) is 19.5 Å². The molecule has 0 saturated carbocycles. The van der Waals surface area contributed by atoms with Gasteiger partial charge < -0.3 is 5.73 Å². The highest BCUT2D eigenvalue weighted by molar-refractivity contribution is 9.10. The van der Waals surface area contributed by atoms with Crippen LogP contribution in [0.1, 0.15) is 12.5 Å². The molecule has 0 radical (unpaired) electrons. The molecule has 16 heavy (non-hydrogen) atoms. The number of nitrogens with two attached hydrogens (primary N) is 1. The minimum Gasteiger partial charge on any atom is -0.392 e. The summed E-state index contributed by atoms with van der Waals surface area (Å²) in [6.45, 7) is 2.52. The average molecular weight is 305 g/mol. The highest BCUT2D eigenvalue weighted by Gasteiger charge is 2.14. The Hall–Kier alpha value is -0.520. The predicted octanol–water partition coefficient (Wildman–Crippen LogP) is 2.69. The van der Waals surface area contributed by atoms with Crippen LogP contribution in [0.5, 0.6) is 0 Å². The molecule has 0 aromatic heterocycles. The molecule has 0 spiro atoms. The second-order valence-electron chi connectivity index (χ2n) is 3.71. The zero-order chi connectivity index (χ0) is 12.3. The Morgan fingerprint density at radius 2 is 2.25 bits per heavy atom. The van der Waals surface area contributed by atoms with Gasteiger partial charge in [0.25, 0.3) is 0 Å². The van der Waals surface area contributed by atoms with E-state index in [1.807, 2.05) is 24.9 Å². The van der Waals surface area contributed by atoms with Gasteiger partial charge in [-0.3, -0.25) is 4.90 Å². The Labute approximate surface area is 109 Å². The lowest BCUT2D eigenvalue weighted by molar-refractivity contribution is 0.303. The van der Waals surface area contributed by atoms with Crippen LogP contribution in [0, 0.1) is 5.82 Å². The van der Waals surface area contributed by atoms with Gasteiger partial charge in [0, 0.05) is 6.54 Å². The first-order valence-electron chi connectivity index (χ1n) is 4.86. The highest BCUT2D eigenvalue weighted by atomic mass is 79.9. The van der Waals surface area contributed by atoms with Crippen LogP contribution in [0.15, 0.2) is 22.7 Å². The summed E-state index contributed by atoms with van der Waals surface area (Å²) >= 11 is 8.15.